The summed E-state index contributed by atoms with van der Waals surface area (Å²) in [6.45, 7) is 0. The van der Waals surface area contributed by atoms with Gasteiger partial charge in [0.15, 0.2) is 6.29 Å². The highest BCUT2D eigenvalue weighted by Crippen LogP contribution is 2.13. The van der Waals surface area contributed by atoms with Crippen molar-refractivity contribution in [3.05, 3.63) is 42.2 Å². The van der Waals surface area contributed by atoms with Crippen LogP contribution < -0.4 is 16.0 Å². The largest absolute Gasteiger partial charge is 0.507 e. The normalized spacial score (nSPS) is 8.95. The number of nitrogens with zero attached hydrogens (tertiary/aromatic N) is 2. The Kier molecular flexibility index (Phi) is 5.77. The molecule has 2 aromatic rings. The van der Waals surface area contributed by atoms with E-state index in [4.69, 9.17) is 15.7 Å². The third-order valence-electron chi connectivity index (χ3n) is 2.06. The summed E-state index contributed by atoms with van der Waals surface area (Å²) >= 11 is 0. The van der Waals surface area contributed by atoms with Crippen molar-refractivity contribution >= 4 is 12.1 Å². The van der Waals surface area contributed by atoms with Gasteiger partial charge < -0.3 is 15.3 Å². The van der Waals surface area contributed by atoms with E-state index in [0.29, 0.717) is 23.5 Å². The number of hydrazine groups is 1. The molecule has 0 aliphatic carbocycles. The molecule has 0 bridgehead atoms. The van der Waals surface area contributed by atoms with Gasteiger partial charge in [-0.05, 0) is 12.1 Å². The standard InChI is InChI=1S/C7H6O2.C5H8N4O/c8-5-6-3-1-2-4-7(6)9;1-10-5-4(9-6)7-2-3-8-5/h1-5,9H;2-3H,6H2,1H3,(H,7,9). The lowest BCUT2D eigenvalue weighted by atomic mass is 10.2. The fraction of sp³-hybridized carbons (Fsp3) is 0.0833. The Morgan fingerprint density at radius 1 is 1.32 bits per heavy atom. The van der Waals surface area contributed by atoms with Gasteiger partial charge in [0, 0.05) is 12.4 Å². The van der Waals surface area contributed by atoms with Gasteiger partial charge in [-0.1, -0.05) is 12.1 Å². The topological polar surface area (TPSA) is 110 Å². The van der Waals surface area contributed by atoms with Crippen LogP contribution in [0.1, 0.15) is 10.4 Å². The molecule has 100 valence electrons. The SMILES string of the molecule is COc1nccnc1NN.O=Cc1ccccc1O. The first kappa shape index (κ1) is 14.4. The molecule has 7 heteroatoms. The zero-order chi connectivity index (χ0) is 14.1. The molecule has 2 rings (SSSR count). The van der Waals surface area contributed by atoms with Gasteiger partial charge in [0.25, 0.3) is 5.88 Å². The number of aromatic hydroxyl groups is 1. The van der Waals surface area contributed by atoms with Crippen molar-refractivity contribution in [2.24, 2.45) is 5.84 Å². The Bertz CT molecular complexity index is 511. The highest BCUT2D eigenvalue weighted by molar-refractivity contribution is 5.78. The van der Waals surface area contributed by atoms with Crippen LogP contribution in [0.15, 0.2) is 36.7 Å². The minimum atomic E-state index is 0.0347. The van der Waals surface area contributed by atoms with Gasteiger partial charge in [-0.15, -0.1) is 0 Å². The number of rotatable bonds is 3. The molecule has 0 saturated heterocycles. The number of hydrogen-bond acceptors (Lipinski definition) is 7. The summed E-state index contributed by atoms with van der Waals surface area (Å²) in [6, 6.07) is 6.40. The number of nitrogen functional groups attached to an aromatic ring is 1. The van der Waals surface area contributed by atoms with Crippen molar-refractivity contribution in [1.82, 2.24) is 9.97 Å². The Morgan fingerprint density at radius 2 is 2.00 bits per heavy atom. The minimum Gasteiger partial charge on any atom is -0.507 e. The molecule has 0 atom stereocenters. The maximum Gasteiger partial charge on any atom is 0.258 e. The Morgan fingerprint density at radius 3 is 2.47 bits per heavy atom. The Balaban J connectivity index is 0.000000191. The number of aromatic nitrogens is 2. The van der Waals surface area contributed by atoms with Crippen LogP contribution in [-0.4, -0.2) is 28.5 Å². The second kappa shape index (κ2) is 7.62. The molecule has 4 N–H and O–H groups in total. The number of anilines is 1. The predicted octanol–water partition coefficient (Wildman–Crippen LogP) is 0.975. The number of phenols is 1. The molecule has 7 nitrogen and oxygen atoms in total. The van der Waals surface area contributed by atoms with E-state index in [1.54, 1.807) is 18.2 Å². The van der Waals surface area contributed by atoms with Gasteiger partial charge in [-0.2, -0.15) is 0 Å². The quantitative estimate of drug-likeness (QED) is 0.429. The maximum absolute atomic E-state index is 10.1. The number of nitrogens with one attached hydrogen (secondary N) is 1. The smallest absolute Gasteiger partial charge is 0.258 e. The number of methoxy groups -OCH3 is 1. The highest BCUT2D eigenvalue weighted by Gasteiger charge is 1.99. The van der Waals surface area contributed by atoms with Crippen LogP contribution in [0.5, 0.6) is 11.6 Å². The van der Waals surface area contributed by atoms with E-state index in [-0.39, 0.29) is 5.75 Å². The number of benzene rings is 1. The van der Waals surface area contributed by atoms with Crippen molar-refractivity contribution in [2.45, 2.75) is 0 Å². The first-order valence-electron chi connectivity index (χ1n) is 5.27. The molecule has 0 aliphatic heterocycles. The van der Waals surface area contributed by atoms with Crippen LogP contribution in [0.25, 0.3) is 0 Å². The molecular weight excluding hydrogens is 248 g/mol. The lowest BCUT2D eigenvalue weighted by Crippen LogP contribution is -2.10. The van der Waals surface area contributed by atoms with Crippen LogP contribution in [0.2, 0.25) is 0 Å². The van der Waals surface area contributed by atoms with Crippen molar-refractivity contribution in [1.29, 1.82) is 0 Å². The monoisotopic (exact) mass is 262 g/mol. The third-order valence-corrected chi connectivity index (χ3v) is 2.06. The predicted molar refractivity (Wildman–Crippen MR) is 69.9 cm³/mol. The molecule has 0 aliphatic rings. The zero-order valence-electron chi connectivity index (χ0n) is 10.3. The summed E-state index contributed by atoms with van der Waals surface area (Å²) in [5.41, 5.74) is 2.68. The van der Waals surface area contributed by atoms with E-state index >= 15 is 0 Å². The zero-order valence-corrected chi connectivity index (χ0v) is 10.3. The van der Waals surface area contributed by atoms with Crippen molar-refractivity contribution in [2.75, 3.05) is 12.5 Å². The Hall–Kier alpha value is -2.67. The number of nitrogens with two attached hydrogens (primary N) is 1. The van der Waals surface area contributed by atoms with Crippen LogP contribution in [-0.2, 0) is 0 Å². The molecule has 0 unspecified atom stereocenters. The van der Waals surface area contributed by atoms with Gasteiger partial charge in [-0.3, -0.25) is 4.79 Å². The van der Waals surface area contributed by atoms with Gasteiger partial charge in [-0.25, -0.2) is 15.8 Å². The van der Waals surface area contributed by atoms with Crippen LogP contribution in [0.4, 0.5) is 5.82 Å². The van der Waals surface area contributed by atoms with Crippen molar-refractivity contribution < 1.29 is 14.6 Å². The number of ether oxygens (including phenoxy) is 1. The Labute approximate surface area is 110 Å². The second-order valence-electron chi connectivity index (χ2n) is 3.24. The molecule has 0 fully saturated rings. The summed E-state index contributed by atoms with van der Waals surface area (Å²) in [5, 5.41) is 8.88. The molecule has 1 heterocycles. The van der Waals surface area contributed by atoms with E-state index in [1.165, 1.54) is 25.6 Å². The fourth-order valence-electron chi connectivity index (χ4n) is 1.16. The molecule has 1 aromatic heterocycles. The van der Waals surface area contributed by atoms with Gasteiger partial charge in [0.2, 0.25) is 5.82 Å². The number of phenolic OH excluding ortho intramolecular Hbond substituents is 1. The number of hydrogen-bond donors (Lipinski definition) is 3. The molecule has 1 aromatic carbocycles. The second-order valence-corrected chi connectivity index (χ2v) is 3.24. The first-order chi connectivity index (χ1) is 9.22. The molecule has 0 radical (unpaired) electrons. The van der Waals surface area contributed by atoms with E-state index in [1.807, 2.05) is 0 Å². The molecular formula is C12H14N4O3. The van der Waals surface area contributed by atoms with Crippen molar-refractivity contribution in [3.63, 3.8) is 0 Å². The average molecular weight is 262 g/mol. The number of para-hydroxylation sites is 1. The van der Waals surface area contributed by atoms with E-state index in [9.17, 15) is 4.79 Å². The third kappa shape index (κ3) is 4.25. The van der Waals surface area contributed by atoms with Crippen LogP contribution >= 0.6 is 0 Å². The molecule has 0 saturated carbocycles. The maximum atomic E-state index is 10.1. The fourth-order valence-corrected chi connectivity index (χ4v) is 1.16. The summed E-state index contributed by atoms with van der Waals surface area (Å²) in [5.74, 6) is 5.96. The van der Waals surface area contributed by atoms with E-state index < -0.39 is 0 Å². The van der Waals surface area contributed by atoms with E-state index in [2.05, 4.69) is 15.4 Å². The number of aldehydes is 1. The minimum absolute atomic E-state index is 0.0347. The van der Waals surface area contributed by atoms with Crippen LogP contribution in [0.3, 0.4) is 0 Å². The number of carbonyl (C=O) groups excluding carboxylic acids is 1. The average Bonchev–Trinajstić information content (AvgIpc) is 2.48. The number of carbonyl (C=O) groups is 1. The summed E-state index contributed by atoms with van der Waals surface area (Å²) in [7, 11) is 1.50. The lowest BCUT2D eigenvalue weighted by Gasteiger charge is -2.02. The van der Waals surface area contributed by atoms with Gasteiger partial charge in [0.1, 0.15) is 5.75 Å². The molecule has 19 heavy (non-hydrogen) atoms. The van der Waals surface area contributed by atoms with Crippen molar-refractivity contribution in [3.8, 4) is 11.6 Å². The first-order valence-corrected chi connectivity index (χ1v) is 5.27. The van der Waals surface area contributed by atoms with Gasteiger partial charge in [0.05, 0.1) is 12.7 Å². The molecule has 0 spiro atoms. The summed E-state index contributed by atoms with van der Waals surface area (Å²) in [4.78, 5) is 17.8. The van der Waals surface area contributed by atoms with Crippen LogP contribution in [0, 0.1) is 0 Å². The van der Waals surface area contributed by atoms with Gasteiger partial charge >= 0.3 is 0 Å². The molecule has 0 amide bonds. The summed E-state index contributed by atoms with van der Waals surface area (Å²) in [6.07, 6.45) is 3.67. The van der Waals surface area contributed by atoms with E-state index in [0.717, 1.165) is 0 Å². The lowest BCUT2D eigenvalue weighted by molar-refractivity contribution is 0.112. The highest BCUT2D eigenvalue weighted by atomic mass is 16.5. The summed E-state index contributed by atoms with van der Waals surface area (Å²) < 4.78 is 4.82.